The first-order valence-corrected chi connectivity index (χ1v) is 10.5. The van der Waals surface area contributed by atoms with Gasteiger partial charge >= 0.3 is 0 Å². The number of hydrogen-bond acceptors (Lipinski definition) is 2. The molecule has 0 unspecified atom stereocenters. The fraction of sp³-hybridized carbons (Fsp3) is 0.160. The summed E-state index contributed by atoms with van der Waals surface area (Å²) >= 11 is 1.72. The molecule has 0 atom stereocenters. The summed E-state index contributed by atoms with van der Waals surface area (Å²) in [6, 6.07) is 24.0. The summed E-state index contributed by atoms with van der Waals surface area (Å²) in [6.07, 6.45) is 7.03. The Kier molecular flexibility index (Phi) is 4.35. The van der Waals surface area contributed by atoms with E-state index < -0.39 is 0 Å². The van der Waals surface area contributed by atoms with Crippen molar-refractivity contribution in [2.45, 2.75) is 25.7 Å². The standard InChI is InChI=1S/C18H16.C7H5NS/c1-3-7-15-13(5-1)9-11-18-16-8-4-2-6-14(16)10-12-17(15)18;1-2-7-6(8-4-1)3-5-9-7/h1,3,5,7,9-12H,2,4,6,8H2;1-5H. The highest BCUT2D eigenvalue weighted by molar-refractivity contribution is 7.17. The van der Waals surface area contributed by atoms with E-state index in [1.807, 2.05) is 18.3 Å². The average molecular weight is 368 g/mol. The van der Waals surface area contributed by atoms with E-state index in [0.29, 0.717) is 0 Å². The van der Waals surface area contributed by atoms with Crippen LogP contribution in [-0.2, 0) is 12.8 Å². The largest absolute Gasteiger partial charge is 0.255 e. The minimum atomic E-state index is 1.10. The molecule has 0 aliphatic heterocycles. The van der Waals surface area contributed by atoms with Gasteiger partial charge in [-0.25, -0.2) is 0 Å². The summed E-state index contributed by atoms with van der Waals surface area (Å²) in [5.41, 5.74) is 4.27. The first-order valence-electron chi connectivity index (χ1n) is 9.60. The molecule has 5 aromatic rings. The highest BCUT2D eigenvalue weighted by Crippen LogP contribution is 2.33. The second-order valence-corrected chi connectivity index (χ2v) is 8.05. The normalized spacial score (nSPS) is 13.3. The molecule has 0 fully saturated rings. The molecule has 0 saturated heterocycles. The molecule has 2 heterocycles. The fourth-order valence-corrected chi connectivity index (χ4v) is 4.88. The van der Waals surface area contributed by atoms with E-state index in [0.717, 1.165) is 5.52 Å². The Morgan fingerprint density at radius 1 is 0.704 bits per heavy atom. The monoisotopic (exact) mass is 367 g/mol. The highest BCUT2D eigenvalue weighted by atomic mass is 32.1. The van der Waals surface area contributed by atoms with Gasteiger partial charge in [0.1, 0.15) is 0 Å². The number of fused-ring (bicyclic) bond motifs is 6. The molecule has 0 bridgehead atoms. The molecule has 0 radical (unpaired) electrons. The number of aromatic nitrogens is 1. The molecule has 1 aliphatic rings. The number of hydrogen-bond donors (Lipinski definition) is 0. The van der Waals surface area contributed by atoms with Gasteiger partial charge in [-0.2, -0.15) is 0 Å². The fourth-order valence-electron chi connectivity index (χ4n) is 4.14. The van der Waals surface area contributed by atoms with Crippen molar-refractivity contribution in [3.8, 4) is 0 Å². The third-order valence-electron chi connectivity index (χ3n) is 5.48. The number of nitrogens with zero attached hydrogens (tertiary/aromatic N) is 1. The number of aryl methyl sites for hydroxylation is 2. The van der Waals surface area contributed by atoms with Crippen LogP contribution in [0.15, 0.2) is 78.3 Å². The van der Waals surface area contributed by atoms with Gasteiger partial charge in [-0.15, -0.1) is 11.3 Å². The molecule has 1 aliphatic carbocycles. The van der Waals surface area contributed by atoms with Crippen LogP contribution < -0.4 is 0 Å². The molecule has 0 spiro atoms. The van der Waals surface area contributed by atoms with E-state index in [1.165, 1.54) is 51.9 Å². The van der Waals surface area contributed by atoms with Gasteiger partial charge in [0.15, 0.2) is 0 Å². The van der Waals surface area contributed by atoms with Crippen LogP contribution in [0.25, 0.3) is 31.8 Å². The third kappa shape index (κ3) is 3.11. The van der Waals surface area contributed by atoms with E-state index in [1.54, 1.807) is 22.5 Å². The zero-order chi connectivity index (χ0) is 18.1. The lowest BCUT2D eigenvalue weighted by Crippen LogP contribution is -2.02. The van der Waals surface area contributed by atoms with Gasteiger partial charge in [-0.3, -0.25) is 4.98 Å². The summed E-state index contributed by atoms with van der Waals surface area (Å²) < 4.78 is 1.26. The molecule has 1 nitrogen and oxygen atoms in total. The van der Waals surface area contributed by atoms with Crippen LogP contribution >= 0.6 is 11.3 Å². The van der Waals surface area contributed by atoms with Crippen LogP contribution in [-0.4, -0.2) is 4.98 Å². The van der Waals surface area contributed by atoms with Crippen molar-refractivity contribution in [2.75, 3.05) is 0 Å². The smallest absolute Gasteiger partial charge is 0.0809 e. The van der Waals surface area contributed by atoms with Crippen molar-refractivity contribution >= 4 is 43.1 Å². The Labute approximate surface area is 163 Å². The first-order chi connectivity index (χ1) is 13.4. The molecule has 2 aromatic heterocycles. The number of benzene rings is 3. The summed E-state index contributed by atoms with van der Waals surface area (Å²) in [5.74, 6) is 0. The Balaban J connectivity index is 0.000000149. The van der Waals surface area contributed by atoms with E-state index in [2.05, 4.69) is 65.0 Å². The molecule has 6 rings (SSSR count). The molecular formula is C25H21NS. The molecule has 0 saturated carbocycles. The minimum absolute atomic E-state index is 1.10. The predicted molar refractivity (Wildman–Crippen MR) is 118 cm³/mol. The Morgan fingerprint density at radius 3 is 2.56 bits per heavy atom. The van der Waals surface area contributed by atoms with Crippen molar-refractivity contribution in [1.29, 1.82) is 0 Å². The molecular weight excluding hydrogens is 346 g/mol. The van der Waals surface area contributed by atoms with Gasteiger partial charge in [0.25, 0.3) is 0 Å². The van der Waals surface area contributed by atoms with E-state index >= 15 is 0 Å². The maximum Gasteiger partial charge on any atom is 0.0809 e. The highest BCUT2D eigenvalue weighted by Gasteiger charge is 2.13. The van der Waals surface area contributed by atoms with Crippen molar-refractivity contribution in [2.24, 2.45) is 0 Å². The van der Waals surface area contributed by atoms with Crippen LogP contribution in [0.2, 0.25) is 0 Å². The molecule has 2 heteroatoms. The molecule has 0 N–H and O–H groups in total. The van der Waals surface area contributed by atoms with E-state index in [9.17, 15) is 0 Å². The quantitative estimate of drug-likeness (QED) is 0.264. The lowest BCUT2D eigenvalue weighted by atomic mass is 9.86. The zero-order valence-corrected chi connectivity index (χ0v) is 16.0. The number of thiophene rings is 1. The first kappa shape index (κ1) is 16.5. The predicted octanol–water partition coefficient (Wildman–Crippen LogP) is 7.17. The lowest BCUT2D eigenvalue weighted by Gasteiger charge is -2.18. The average Bonchev–Trinajstić information content (AvgIpc) is 3.23. The van der Waals surface area contributed by atoms with Crippen LogP contribution in [0.1, 0.15) is 24.0 Å². The topological polar surface area (TPSA) is 12.9 Å². The van der Waals surface area contributed by atoms with Crippen LogP contribution in [0.3, 0.4) is 0 Å². The summed E-state index contributed by atoms with van der Waals surface area (Å²) in [6.45, 7) is 0. The summed E-state index contributed by atoms with van der Waals surface area (Å²) in [5, 5.41) is 7.70. The maximum atomic E-state index is 4.15. The molecule has 3 aromatic carbocycles. The van der Waals surface area contributed by atoms with Crippen molar-refractivity contribution < 1.29 is 0 Å². The lowest BCUT2D eigenvalue weighted by molar-refractivity contribution is 0.690. The Hall–Kier alpha value is -2.71. The molecule has 27 heavy (non-hydrogen) atoms. The molecule has 0 amide bonds. The second kappa shape index (κ2) is 7.13. The Morgan fingerprint density at radius 2 is 1.59 bits per heavy atom. The van der Waals surface area contributed by atoms with Gasteiger partial charge in [-0.1, -0.05) is 48.5 Å². The van der Waals surface area contributed by atoms with Crippen LogP contribution in [0.4, 0.5) is 0 Å². The van der Waals surface area contributed by atoms with E-state index in [4.69, 9.17) is 0 Å². The SMILES string of the molecule is c1ccc2c(c1)ccc1c3c(ccc12)CCCC3.c1cnc2ccsc2c1. The van der Waals surface area contributed by atoms with Crippen LogP contribution in [0.5, 0.6) is 0 Å². The summed E-state index contributed by atoms with van der Waals surface area (Å²) in [4.78, 5) is 4.15. The van der Waals surface area contributed by atoms with Gasteiger partial charge < -0.3 is 0 Å². The molecule has 132 valence electrons. The van der Waals surface area contributed by atoms with Crippen LogP contribution in [0, 0.1) is 0 Å². The Bertz CT molecular complexity index is 1200. The van der Waals surface area contributed by atoms with Gasteiger partial charge in [0.2, 0.25) is 0 Å². The third-order valence-corrected chi connectivity index (χ3v) is 6.35. The number of rotatable bonds is 0. The van der Waals surface area contributed by atoms with Crippen molar-refractivity contribution in [3.05, 3.63) is 89.4 Å². The van der Waals surface area contributed by atoms with Gasteiger partial charge in [0.05, 0.1) is 10.2 Å². The van der Waals surface area contributed by atoms with Crippen molar-refractivity contribution in [3.63, 3.8) is 0 Å². The van der Waals surface area contributed by atoms with Gasteiger partial charge in [0, 0.05) is 6.20 Å². The van der Waals surface area contributed by atoms with E-state index in [-0.39, 0.29) is 0 Å². The second-order valence-electron chi connectivity index (χ2n) is 7.10. The maximum absolute atomic E-state index is 4.15. The van der Waals surface area contributed by atoms with Gasteiger partial charge in [-0.05, 0) is 81.9 Å². The van der Waals surface area contributed by atoms with Crippen molar-refractivity contribution in [1.82, 2.24) is 4.98 Å². The zero-order valence-electron chi connectivity index (χ0n) is 15.2. The number of pyridine rings is 1. The summed E-state index contributed by atoms with van der Waals surface area (Å²) in [7, 11) is 0. The minimum Gasteiger partial charge on any atom is -0.255 e.